The average Bonchev–Trinajstić information content (AvgIpc) is 2.49. The molecule has 0 fully saturated rings. The Labute approximate surface area is 124 Å². The van der Waals surface area contributed by atoms with Crippen molar-refractivity contribution in [3.05, 3.63) is 59.4 Å². The number of rotatable bonds is 6. The molecule has 0 amide bonds. The molecule has 2 N–H and O–H groups in total. The minimum Gasteiger partial charge on any atom is -0.494 e. The van der Waals surface area contributed by atoms with Crippen LogP contribution in [0.15, 0.2) is 42.5 Å². The van der Waals surface area contributed by atoms with Gasteiger partial charge in [0, 0.05) is 16.8 Å². The van der Waals surface area contributed by atoms with Gasteiger partial charge in [-0.05, 0) is 38.1 Å². The molecule has 0 saturated carbocycles. The molecule has 21 heavy (non-hydrogen) atoms. The molecule has 2 rings (SSSR count). The van der Waals surface area contributed by atoms with Gasteiger partial charge in [-0.15, -0.1) is 0 Å². The van der Waals surface area contributed by atoms with Crippen LogP contribution in [0.4, 0.5) is 10.1 Å². The molecule has 0 heterocycles. The molecule has 0 aliphatic rings. The number of nitrogens with one attached hydrogen (secondary N) is 1. The Balaban J connectivity index is 2.18. The summed E-state index contributed by atoms with van der Waals surface area (Å²) in [6, 6.07) is 12.0. The third-order valence-corrected chi connectivity index (χ3v) is 3.29. The van der Waals surface area contributed by atoms with Gasteiger partial charge in [0.05, 0.1) is 19.3 Å². The van der Waals surface area contributed by atoms with Crippen molar-refractivity contribution in [2.45, 2.75) is 26.5 Å². The largest absolute Gasteiger partial charge is 0.494 e. The second-order valence-electron chi connectivity index (χ2n) is 4.80. The van der Waals surface area contributed by atoms with Crippen LogP contribution in [-0.4, -0.2) is 11.7 Å². The number of aliphatic hydroxyl groups excluding tert-OH is 1. The van der Waals surface area contributed by atoms with E-state index < -0.39 is 0 Å². The number of benzene rings is 2. The zero-order valence-electron chi connectivity index (χ0n) is 12.3. The van der Waals surface area contributed by atoms with Crippen LogP contribution >= 0.6 is 0 Å². The molecule has 2 aromatic carbocycles. The van der Waals surface area contributed by atoms with E-state index in [2.05, 4.69) is 5.32 Å². The topological polar surface area (TPSA) is 41.5 Å². The highest BCUT2D eigenvalue weighted by molar-refractivity contribution is 5.52. The van der Waals surface area contributed by atoms with E-state index in [-0.39, 0.29) is 18.5 Å². The highest BCUT2D eigenvalue weighted by Gasteiger charge is 2.11. The first-order chi connectivity index (χ1) is 10.2. The lowest BCUT2D eigenvalue weighted by molar-refractivity contribution is 0.267. The summed E-state index contributed by atoms with van der Waals surface area (Å²) in [6.07, 6.45) is 0. The zero-order chi connectivity index (χ0) is 15.2. The summed E-state index contributed by atoms with van der Waals surface area (Å²) in [7, 11) is 0. The maximum Gasteiger partial charge on any atom is 0.128 e. The first-order valence-corrected chi connectivity index (χ1v) is 7.03. The van der Waals surface area contributed by atoms with E-state index in [1.165, 1.54) is 6.07 Å². The fourth-order valence-electron chi connectivity index (χ4n) is 2.24. The van der Waals surface area contributed by atoms with E-state index in [0.29, 0.717) is 23.5 Å². The minimum atomic E-state index is -0.231. The smallest absolute Gasteiger partial charge is 0.128 e. The number of hydrogen-bond donors (Lipinski definition) is 2. The molecule has 1 atom stereocenters. The lowest BCUT2D eigenvalue weighted by Gasteiger charge is -2.18. The van der Waals surface area contributed by atoms with Crippen LogP contribution in [0, 0.1) is 5.82 Å². The first-order valence-electron chi connectivity index (χ1n) is 7.03. The van der Waals surface area contributed by atoms with Crippen molar-refractivity contribution >= 4 is 5.69 Å². The van der Waals surface area contributed by atoms with E-state index in [9.17, 15) is 9.50 Å². The number of anilines is 1. The maximum absolute atomic E-state index is 13.8. The SMILES string of the molecule is CCOc1ccc(NC(C)c2ccccc2F)cc1CO. The van der Waals surface area contributed by atoms with Gasteiger partial charge >= 0.3 is 0 Å². The highest BCUT2D eigenvalue weighted by Crippen LogP contribution is 2.26. The Bertz CT molecular complexity index is 601. The molecule has 0 aliphatic heterocycles. The van der Waals surface area contributed by atoms with Gasteiger partial charge in [-0.2, -0.15) is 0 Å². The second kappa shape index (κ2) is 7.09. The van der Waals surface area contributed by atoms with E-state index in [1.54, 1.807) is 12.1 Å². The van der Waals surface area contributed by atoms with Crippen LogP contribution in [0.25, 0.3) is 0 Å². The van der Waals surface area contributed by atoms with Gasteiger partial charge in [-0.3, -0.25) is 0 Å². The van der Waals surface area contributed by atoms with Gasteiger partial charge in [0.1, 0.15) is 11.6 Å². The van der Waals surface area contributed by atoms with Crippen molar-refractivity contribution in [1.82, 2.24) is 0 Å². The number of halogens is 1. The number of ether oxygens (including phenoxy) is 1. The molecule has 3 nitrogen and oxygen atoms in total. The average molecular weight is 289 g/mol. The molecule has 0 aliphatic carbocycles. The van der Waals surface area contributed by atoms with Crippen LogP contribution < -0.4 is 10.1 Å². The van der Waals surface area contributed by atoms with Gasteiger partial charge in [0.25, 0.3) is 0 Å². The summed E-state index contributed by atoms with van der Waals surface area (Å²) in [5.74, 6) is 0.440. The van der Waals surface area contributed by atoms with Gasteiger partial charge in [0.15, 0.2) is 0 Å². The molecule has 0 bridgehead atoms. The van der Waals surface area contributed by atoms with Crippen LogP contribution in [0.1, 0.15) is 31.0 Å². The van der Waals surface area contributed by atoms with Gasteiger partial charge < -0.3 is 15.2 Å². The molecule has 0 radical (unpaired) electrons. The Morgan fingerprint density at radius 2 is 2.00 bits per heavy atom. The number of hydrogen-bond acceptors (Lipinski definition) is 3. The van der Waals surface area contributed by atoms with E-state index >= 15 is 0 Å². The summed E-state index contributed by atoms with van der Waals surface area (Å²) < 4.78 is 19.2. The van der Waals surface area contributed by atoms with Gasteiger partial charge in [-0.1, -0.05) is 18.2 Å². The van der Waals surface area contributed by atoms with Gasteiger partial charge in [0.2, 0.25) is 0 Å². The minimum absolute atomic E-state index is 0.0983. The molecule has 0 saturated heterocycles. The summed E-state index contributed by atoms with van der Waals surface area (Å²) in [5, 5.41) is 12.6. The Hall–Kier alpha value is -2.07. The normalized spacial score (nSPS) is 12.0. The lowest BCUT2D eigenvalue weighted by Crippen LogP contribution is -2.09. The monoisotopic (exact) mass is 289 g/mol. The summed E-state index contributed by atoms with van der Waals surface area (Å²) >= 11 is 0. The van der Waals surface area contributed by atoms with Crippen molar-refractivity contribution in [1.29, 1.82) is 0 Å². The van der Waals surface area contributed by atoms with Crippen LogP contribution in [0.5, 0.6) is 5.75 Å². The maximum atomic E-state index is 13.8. The summed E-state index contributed by atoms with van der Waals surface area (Å²) in [4.78, 5) is 0. The van der Waals surface area contributed by atoms with Crippen LogP contribution in [0.3, 0.4) is 0 Å². The van der Waals surface area contributed by atoms with Crippen molar-refractivity contribution in [3.63, 3.8) is 0 Å². The highest BCUT2D eigenvalue weighted by atomic mass is 19.1. The van der Waals surface area contributed by atoms with Crippen molar-refractivity contribution in [2.24, 2.45) is 0 Å². The fourth-order valence-corrected chi connectivity index (χ4v) is 2.24. The molecule has 2 aromatic rings. The first kappa shape index (κ1) is 15.3. The molecule has 0 spiro atoms. The molecule has 0 aromatic heterocycles. The van der Waals surface area contributed by atoms with E-state index in [1.807, 2.05) is 38.1 Å². The third kappa shape index (κ3) is 3.73. The lowest BCUT2D eigenvalue weighted by atomic mass is 10.1. The van der Waals surface area contributed by atoms with Crippen molar-refractivity contribution < 1.29 is 14.2 Å². The predicted octanol–water partition coefficient (Wildman–Crippen LogP) is 3.89. The van der Waals surface area contributed by atoms with E-state index in [0.717, 1.165) is 5.69 Å². The van der Waals surface area contributed by atoms with Crippen LogP contribution in [0.2, 0.25) is 0 Å². The molecule has 4 heteroatoms. The third-order valence-electron chi connectivity index (χ3n) is 3.29. The van der Waals surface area contributed by atoms with Crippen molar-refractivity contribution in [2.75, 3.05) is 11.9 Å². The van der Waals surface area contributed by atoms with Gasteiger partial charge in [-0.25, -0.2) is 4.39 Å². The Kier molecular flexibility index (Phi) is 5.17. The second-order valence-corrected chi connectivity index (χ2v) is 4.80. The van der Waals surface area contributed by atoms with Crippen molar-refractivity contribution in [3.8, 4) is 5.75 Å². The Morgan fingerprint density at radius 3 is 2.67 bits per heavy atom. The zero-order valence-corrected chi connectivity index (χ0v) is 12.3. The quantitative estimate of drug-likeness (QED) is 0.847. The standard InChI is InChI=1S/C17H20FNO2/c1-3-21-17-9-8-14(10-13(17)11-20)19-12(2)15-6-4-5-7-16(15)18/h4-10,12,19-20H,3,11H2,1-2H3. The molecular formula is C17H20FNO2. The molecule has 112 valence electrons. The fraction of sp³-hybridized carbons (Fsp3) is 0.294. The Morgan fingerprint density at radius 1 is 1.24 bits per heavy atom. The molecular weight excluding hydrogens is 269 g/mol. The summed E-state index contributed by atoms with van der Waals surface area (Å²) in [6.45, 7) is 4.24. The van der Waals surface area contributed by atoms with Crippen LogP contribution in [-0.2, 0) is 6.61 Å². The number of aliphatic hydroxyl groups is 1. The summed E-state index contributed by atoms with van der Waals surface area (Å²) in [5.41, 5.74) is 2.14. The molecule has 1 unspecified atom stereocenters. The van der Waals surface area contributed by atoms with E-state index in [4.69, 9.17) is 4.74 Å². The predicted molar refractivity (Wildman–Crippen MR) is 82.0 cm³/mol.